The van der Waals surface area contributed by atoms with Crippen molar-refractivity contribution in [2.75, 3.05) is 34.3 Å². The van der Waals surface area contributed by atoms with E-state index in [2.05, 4.69) is 29.9 Å². The van der Waals surface area contributed by atoms with Crippen LogP contribution in [0.15, 0.2) is 36.8 Å². The van der Waals surface area contributed by atoms with Gasteiger partial charge in [0, 0.05) is 48.8 Å². The molecule has 0 radical (unpaired) electrons. The van der Waals surface area contributed by atoms with E-state index in [4.69, 9.17) is 4.74 Å². The first-order valence-corrected chi connectivity index (χ1v) is 15.9. The lowest BCUT2D eigenvalue weighted by Crippen LogP contribution is -2.59. The van der Waals surface area contributed by atoms with Gasteiger partial charge in [0.25, 0.3) is 5.91 Å². The van der Waals surface area contributed by atoms with Crippen molar-refractivity contribution in [3.8, 4) is 0 Å². The lowest BCUT2D eigenvalue weighted by Gasteiger charge is -2.45. The van der Waals surface area contributed by atoms with E-state index < -0.39 is 33.4 Å². The molecule has 4 heterocycles. The maximum Gasteiger partial charge on any atom is 0.410 e. The molecular formula is C29H35FN8O5S. The number of imidazole rings is 1. The number of piperazine rings is 1. The molecule has 0 unspecified atom stereocenters. The van der Waals surface area contributed by atoms with Crippen LogP contribution in [0.3, 0.4) is 0 Å². The summed E-state index contributed by atoms with van der Waals surface area (Å²) < 4.78 is 47.9. The summed E-state index contributed by atoms with van der Waals surface area (Å²) in [5.41, 5.74) is 1.33. The van der Waals surface area contributed by atoms with Crippen molar-refractivity contribution in [1.82, 2.24) is 24.3 Å². The smallest absolute Gasteiger partial charge is 0.410 e. The van der Waals surface area contributed by atoms with Gasteiger partial charge in [-0.25, -0.2) is 32.6 Å². The van der Waals surface area contributed by atoms with E-state index >= 15 is 0 Å². The number of nitrogens with zero attached hydrogens (tertiary/aromatic N) is 6. The predicted octanol–water partition coefficient (Wildman–Crippen LogP) is 4.18. The Morgan fingerprint density at radius 2 is 1.77 bits per heavy atom. The minimum atomic E-state index is -3.71. The average Bonchev–Trinajstić information content (AvgIpc) is 3.26. The Bertz CT molecular complexity index is 1880. The second-order valence-corrected chi connectivity index (χ2v) is 13.8. The number of sulfonamides is 1. The van der Waals surface area contributed by atoms with Crippen LogP contribution in [0.25, 0.3) is 16.6 Å². The summed E-state index contributed by atoms with van der Waals surface area (Å²) in [6, 6.07) is 4.09. The van der Waals surface area contributed by atoms with Gasteiger partial charge in [0.05, 0.1) is 40.8 Å². The summed E-state index contributed by atoms with van der Waals surface area (Å²) in [5.74, 6) is -1.39. The summed E-state index contributed by atoms with van der Waals surface area (Å²) in [7, 11) is -3.71. The van der Waals surface area contributed by atoms with Crippen molar-refractivity contribution in [3.05, 3.63) is 53.9 Å². The number of aryl methyl sites for hydroxylation is 1. The second-order valence-electron chi connectivity index (χ2n) is 12.1. The van der Waals surface area contributed by atoms with Crippen LogP contribution in [-0.4, -0.2) is 81.7 Å². The molecule has 44 heavy (non-hydrogen) atoms. The number of hydrogen-bond acceptors (Lipinski definition) is 9. The van der Waals surface area contributed by atoms with Crippen molar-refractivity contribution in [2.24, 2.45) is 0 Å². The topological polar surface area (TPSA) is 151 Å². The number of carbonyl (C=O) groups excluding carboxylic acids is 2. The van der Waals surface area contributed by atoms with Crippen molar-refractivity contribution in [2.45, 2.75) is 59.2 Å². The molecule has 3 aromatic heterocycles. The summed E-state index contributed by atoms with van der Waals surface area (Å²) in [5, 5.41) is 3.21. The predicted molar refractivity (Wildman–Crippen MR) is 165 cm³/mol. The SMILES string of the molecule is Cc1cn2cc(NC(=O)c3ccc(N4C[C@@H](C)N(C(=O)OC(C)(C)C)[C@@H](C)C4)c4cnc(NS(C)(=O)=O)nc34)cc(F)c2n1. The number of pyridine rings is 1. The molecule has 1 fully saturated rings. The highest BCUT2D eigenvalue weighted by Gasteiger charge is 2.36. The molecule has 1 aromatic carbocycles. The second kappa shape index (κ2) is 11.2. The van der Waals surface area contributed by atoms with Crippen molar-refractivity contribution >= 4 is 55.9 Å². The van der Waals surface area contributed by atoms with Crippen LogP contribution in [-0.2, 0) is 14.8 Å². The van der Waals surface area contributed by atoms with Crippen LogP contribution < -0.4 is 14.9 Å². The molecule has 0 saturated carbocycles. The average molecular weight is 627 g/mol. The highest BCUT2D eigenvalue weighted by atomic mass is 32.2. The van der Waals surface area contributed by atoms with E-state index in [1.807, 2.05) is 34.6 Å². The van der Waals surface area contributed by atoms with Crippen LogP contribution >= 0.6 is 0 Å². The van der Waals surface area contributed by atoms with Gasteiger partial charge < -0.3 is 19.4 Å². The Kier molecular flexibility index (Phi) is 7.86. The van der Waals surface area contributed by atoms with Gasteiger partial charge in [-0.15, -0.1) is 0 Å². The number of rotatable bonds is 5. The van der Waals surface area contributed by atoms with Crippen LogP contribution in [0.4, 0.5) is 26.5 Å². The molecule has 234 valence electrons. The van der Waals surface area contributed by atoms with Crippen LogP contribution in [0.1, 0.15) is 50.7 Å². The van der Waals surface area contributed by atoms with E-state index in [-0.39, 0.29) is 40.4 Å². The highest BCUT2D eigenvalue weighted by Crippen LogP contribution is 2.33. The van der Waals surface area contributed by atoms with Crippen molar-refractivity contribution in [1.29, 1.82) is 0 Å². The number of nitrogens with one attached hydrogen (secondary N) is 2. The number of amides is 2. The third-order valence-electron chi connectivity index (χ3n) is 7.00. The Labute approximate surface area is 254 Å². The molecule has 0 aliphatic carbocycles. The number of benzene rings is 1. The van der Waals surface area contributed by atoms with Crippen molar-refractivity contribution in [3.63, 3.8) is 0 Å². The largest absolute Gasteiger partial charge is 0.444 e. The minimum Gasteiger partial charge on any atom is -0.444 e. The van der Waals surface area contributed by atoms with E-state index in [9.17, 15) is 22.4 Å². The van der Waals surface area contributed by atoms with Gasteiger partial charge in [0.15, 0.2) is 11.5 Å². The first-order valence-electron chi connectivity index (χ1n) is 14.0. The quantitative estimate of drug-likeness (QED) is 0.332. The van der Waals surface area contributed by atoms with Gasteiger partial charge in [-0.05, 0) is 53.7 Å². The Morgan fingerprint density at radius 3 is 2.41 bits per heavy atom. The molecule has 2 N–H and O–H groups in total. The Balaban J connectivity index is 1.51. The Hall–Kier alpha value is -4.53. The summed E-state index contributed by atoms with van der Waals surface area (Å²) >= 11 is 0. The fourth-order valence-corrected chi connectivity index (χ4v) is 5.85. The van der Waals surface area contributed by atoms with Gasteiger partial charge in [-0.3, -0.25) is 14.4 Å². The van der Waals surface area contributed by atoms with E-state index in [0.717, 1.165) is 6.26 Å². The molecule has 1 aliphatic rings. The Morgan fingerprint density at radius 1 is 1.09 bits per heavy atom. The molecule has 15 heteroatoms. The molecule has 2 atom stereocenters. The normalized spacial score (nSPS) is 17.6. The van der Waals surface area contributed by atoms with Gasteiger partial charge in [-0.2, -0.15) is 0 Å². The molecule has 1 saturated heterocycles. The van der Waals surface area contributed by atoms with E-state index in [0.29, 0.717) is 29.9 Å². The number of halogens is 1. The van der Waals surface area contributed by atoms with Crippen LogP contribution in [0.5, 0.6) is 0 Å². The van der Waals surface area contributed by atoms with Crippen LogP contribution in [0, 0.1) is 12.7 Å². The molecule has 5 rings (SSSR count). The summed E-state index contributed by atoms with van der Waals surface area (Å²) in [4.78, 5) is 43.0. The van der Waals surface area contributed by atoms with Crippen molar-refractivity contribution < 1.29 is 27.1 Å². The third kappa shape index (κ3) is 6.51. The van der Waals surface area contributed by atoms with Gasteiger partial charge in [0.2, 0.25) is 16.0 Å². The van der Waals surface area contributed by atoms with E-state index in [1.165, 1.54) is 16.7 Å². The minimum absolute atomic E-state index is 0.124. The van der Waals surface area contributed by atoms with Gasteiger partial charge >= 0.3 is 6.09 Å². The molecule has 13 nitrogen and oxygen atoms in total. The summed E-state index contributed by atoms with van der Waals surface area (Å²) in [6.07, 6.45) is 5.22. The third-order valence-corrected chi connectivity index (χ3v) is 7.55. The van der Waals surface area contributed by atoms with Gasteiger partial charge in [0.1, 0.15) is 5.60 Å². The number of aromatic nitrogens is 4. The summed E-state index contributed by atoms with van der Waals surface area (Å²) in [6.45, 7) is 12.0. The first kappa shape index (κ1) is 30.9. The fourth-order valence-electron chi connectivity index (χ4n) is 5.42. The molecule has 1 aliphatic heterocycles. The highest BCUT2D eigenvalue weighted by molar-refractivity contribution is 7.92. The van der Waals surface area contributed by atoms with Crippen LogP contribution in [0.2, 0.25) is 0 Å². The fraction of sp³-hybridized carbons (Fsp3) is 0.414. The van der Waals surface area contributed by atoms with Gasteiger partial charge in [-0.1, -0.05) is 0 Å². The lowest BCUT2D eigenvalue weighted by molar-refractivity contribution is 0.00566. The standard InChI is InChI=1S/C29H35FN8O5S/c1-16-12-37-15-19(10-22(30)25(37)32-16)33-26(39)20-8-9-23(21-11-31-27(34-24(20)21)35-44(7,41)42)36-13-17(2)38(18(3)14-36)28(40)43-29(4,5)6/h8-12,15,17-18H,13-14H2,1-7H3,(H,33,39)(H,31,34,35)/t17-,18+. The molecule has 4 aromatic rings. The zero-order valence-corrected chi connectivity index (χ0v) is 26.4. The zero-order valence-electron chi connectivity index (χ0n) is 25.5. The molecule has 0 spiro atoms. The maximum atomic E-state index is 14.7. The number of ether oxygens (including phenoxy) is 1. The zero-order chi connectivity index (χ0) is 32.1. The number of fused-ring (bicyclic) bond motifs is 2. The number of anilines is 3. The molecule has 0 bridgehead atoms. The van der Waals surface area contributed by atoms with E-state index in [1.54, 1.807) is 36.4 Å². The molecular weight excluding hydrogens is 591 g/mol. The maximum absolute atomic E-state index is 14.7. The molecule has 2 amide bonds. The lowest BCUT2D eigenvalue weighted by atomic mass is 10.0. The number of hydrogen-bond donors (Lipinski definition) is 2. The number of carbonyl (C=O) groups is 2. The first-order chi connectivity index (χ1) is 20.5. The monoisotopic (exact) mass is 626 g/mol.